The number of nitrogen functional groups attached to an aromatic ring is 1. The molecule has 0 aliphatic heterocycles. The van der Waals surface area contributed by atoms with Gasteiger partial charge in [-0.25, -0.2) is 4.79 Å². The second-order valence-corrected chi connectivity index (χ2v) is 6.50. The minimum absolute atomic E-state index is 0.127. The average molecular weight is 383 g/mol. The molecule has 138 valence electrons. The lowest BCUT2D eigenvalue weighted by Gasteiger charge is -2.07. The normalized spacial score (nSPS) is 9.89. The topological polar surface area (TPSA) is 126 Å². The number of esters is 2. The van der Waals surface area contributed by atoms with Crippen LogP contribution in [-0.2, 0) is 27.3 Å². The second-order valence-electron chi connectivity index (χ2n) is 5.45. The number of nitriles is 2. The van der Waals surface area contributed by atoms with E-state index in [1.165, 1.54) is 0 Å². The number of aryl methyl sites for hydroxylation is 1. The molecule has 1 aromatic heterocycles. The fourth-order valence-electron chi connectivity index (χ4n) is 2.32. The zero-order valence-corrected chi connectivity index (χ0v) is 15.5. The number of rotatable bonds is 7. The Balaban J connectivity index is 2.00. The van der Waals surface area contributed by atoms with Crippen LogP contribution in [0.1, 0.15) is 45.3 Å². The van der Waals surface area contributed by atoms with Gasteiger partial charge in [-0.3, -0.25) is 4.79 Å². The zero-order valence-electron chi connectivity index (χ0n) is 14.7. The number of nitrogens with two attached hydrogens (primary N) is 1. The first-order valence-corrected chi connectivity index (χ1v) is 8.94. The van der Waals surface area contributed by atoms with Crippen LogP contribution in [0.3, 0.4) is 0 Å². The van der Waals surface area contributed by atoms with E-state index in [2.05, 4.69) is 0 Å². The Morgan fingerprint density at radius 1 is 1.15 bits per heavy atom. The van der Waals surface area contributed by atoms with Crippen LogP contribution in [0.4, 0.5) is 5.00 Å². The van der Waals surface area contributed by atoms with E-state index in [9.17, 15) is 14.9 Å². The van der Waals surface area contributed by atoms with Gasteiger partial charge in [0.05, 0.1) is 23.8 Å². The van der Waals surface area contributed by atoms with Crippen LogP contribution in [-0.4, -0.2) is 18.5 Å². The summed E-state index contributed by atoms with van der Waals surface area (Å²) in [5.41, 5.74) is 7.62. The summed E-state index contributed by atoms with van der Waals surface area (Å²) in [7, 11) is 0. The Bertz CT molecular complexity index is 920. The Labute approximate surface area is 160 Å². The van der Waals surface area contributed by atoms with Crippen molar-refractivity contribution in [3.63, 3.8) is 0 Å². The van der Waals surface area contributed by atoms with Crippen LogP contribution < -0.4 is 5.73 Å². The summed E-state index contributed by atoms with van der Waals surface area (Å²) in [4.78, 5) is 24.2. The number of hydrogen-bond donors (Lipinski definition) is 1. The van der Waals surface area contributed by atoms with Crippen molar-refractivity contribution < 1.29 is 19.1 Å². The molecule has 0 aliphatic carbocycles. The van der Waals surface area contributed by atoms with Crippen molar-refractivity contribution >= 4 is 28.3 Å². The van der Waals surface area contributed by atoms with E-state index in [-0.39, 0.29) is 40.6 Å². The third kappa shape index (κ3) is 5.06. The van der Waals surface area contributed by atoms with E-state index in [0.717, 1.165) is 16.9 Å². The van der Waals surface area contributed by atoms with Crippen LogP contribution in [0.5, 0.6) is 0 Å². The van der Waals surface area contributed by atoms with Crippen molar-refractivity contribution in [3.8, 4) is 12.1 Å². The van der Waals surface area contributed by atoms with Gasteiger partial charge in [-0.2, -0.15) is 10.5 Å². The molecule has 7 nitrogen and oxygen atoms in total. The van der Waals surface area contributed by atoms with Crippen molar-refractivity contribution in [1.82, 2.24) is 0 Å². The van der Waals surface area contributed by atoms with Gasteiger partial charge in [0.25, 0.3) is 0 Å². The molecule has 0 saturated carbocycles. The molecule has 0 spiro atoms. The molecule has 0 bridgehead atoms. The fraction of sp³-hybridized carbons (Fsp3) is 0.263. The lowest BCUT2D eigenvalue weighted by Crippen LogP contribution is -2.10. The standard InChI is InChI=1S/C19H17N3O4S/c1-2-25-19(24)17-15(14(10-21)18(22)27-17)11-26-16(23)8-7-12-3-5-13(9-20)6-4-12/h3-6H,2,7-8,11,22H2,1H3. The third-order valence-electron chi connectivity index (χ3n) is 3.69. The maximum Gasteiger partial charge on any atom is 0.348 e. The van der Waals surface area contributed by atoms with Crippen molar-refractivity contribution in [2.75, 3.05) is 12.3 Å². The van der Waals surface area contributed by atoms with E-state index >= 15 is 0 Å². The molecule has 1 heterocycles. The molecule has 2 N–H and O–H groups in total. The van der Waals surface area contributed by atoms with Gasteiger partial charge in [0.15, 0.2) is 0 Å². The van der Waals surface area contributed by atoms with Gasteiger partial charge < -0.3 is 15.2 Å². The predicted octanol–water partition coefficient (Wildman–Crippen LogP) is 2.93. The molecule has 0 fully saturated rings. The van der Waals surface area contributed by atoms with Crippen LogP contribution in [0.15, 0.2) is 24.3 Å². The molecule has 27 heavy (non-hydrogen) atoms. The molecule has 2 rings (SSSR count). The van der Waals surface area contributed by atoms with Gasteiger partial charge in [-0.15, -0.1) is 11.3 Å². The van der Waals surface area contributed by atoms with Crippen LogP contribution in [0, 0.1) is 22.7 Å². The van der Waals surface area contributed by atoms with E-state index in [1.54, 1.807) is 31.2 Å². The maximum absolute atomic E-state index is 12.0. The molecule has 0 aliphatic rings. The molecule has 0 radical (unpaired) electrons. The van der Waals surface area contributed by atoms with Crippen molar-refractivity contribution in [2.45, 2.75) is 26.4 Å². The Morgan fingerprint density at radius 3 is 2.44 bits per heavy atom. The monoisotopic (exact) mass is 383 g/mol. The number of anilines is 1. The lowest BCUT2D eigenvalue weighted by atomic mass is 10.1. The molecule has 0 atom stereocenters. The van der Waals surface area contributed by atoms with E-state index in [0.29, 0.717) is 12.0 Å². The molecule has 0 saturated heterocycles. The summed E-state index contributed by atoms with van der Waals surface area (Å²) < 4.78 is 10.2. The fourth-order valence-corrected chi connectivity index (χ4v) is 3.24. The van der Waals surface area contributed by atoms with Crippen LogP contribution in [0.25, 0.3) is 0 Å². The number of thiophene rings is 1. The first kappa shape index (κ1) is 20.0. The molecular formula is C19H17N3O4S. The zero-order chi connectivity index (χ0) is 19.8. The van der Waals surface area contributed by atoms with Crippen molar-refractivity contribution in [1.29, 1.82) is 10.5 Å². The summed E-state index contributed by atoms with van der Waals surface area (Å²) in [6.07, 6.45) is 0.578. The summed E-state index contributed by atoms with van der Waals surface area (Å²) in [5, 5.41) is 18.2. The number of benzene rings is 1. The number of carbonyl (C=O) groups excluding carboxylic acids is 2. The van der Waals surface area contributed by atoms with Crippen molar-refractivity contribution in [3.05, 3.63) is 51.4 Å². The Morgan fingerprint density at radius 2 is 1.85 bits per heavy atom. The van der Waals surface area contributed by atoms with Gasteiger partial charge in [-0.05, 0) is 31.0 Å². The quantitative estimate of drug-likeness (QED) is 0.728. The van der Waals surface area contributed by atoms with Crippen LogP contribution in [0.2, 0.25) is 0 Å². The highest BCUT2D eigenvalue weighted by Crippen LogP contribution is 2.31. The first-order chi connectivity index (χ1) is 13.0. The number of nitrogens with zero attached hydrogens (tertiary/aromatic N) is 2. The number of hydrogen-bond acceptors (Lipinski definition) is 8. The maximum atomic E-state index is 12.0. The Hall–Kier alpha value is -3.36. The minimum atomic E-state index is -0.598. The molecule has 1 aromatic carbocycles. The smallest absolute Gasteiger partial charge is 0.348 e. The largest absolute Gasteiger partial charge is 0.462 e. The summed E-state index contributed by atoms with van der Waals surface area (Å²) >= 11 is 0.942. The minimum Gasteiger partial charge on any atom is -0.462 e. The summed E-state index contributed by atoms with van der Waals surface area (Å²) in [6.45, 7) is 1.63. The highest BCUT2D eigenvalue weighted by atomic mass is 32.1. The van der Waals surface area contributed by atoms with Gasteiger partial charge in [-0.1, -0.05) is 12.1 Å². The average Bonchev–Trinajstić information content (AvgIpc) is 3.00. The van der Waals surface area contributed by atoms with E-state index in [1.807, 2.05) is 12.1 Å². The molecule has 0 unspecified atom stereocenters. The highest BCUT2D eigenvalue weighted by molar-refractivity contribution is 7.18. The molecular weight excluding hydrogens is 366 g/mol. The van der Waals surface area contributed by atoms with E-state index < -0.39 is 11.9 Å². The van der Waals surface area contributed by atoms with Gasteiger partial charge >= 0.3 is 11.9 Å². The Kier molecular flexibility index (Phi) is 6.93. The van der Waals surface area contributed by atoms with Gasteiger partial charge in [0, 0.05) is 12.0 Å². The van der Waals surface area contributed by atoms with E-state index in [4.69, 9.17) is 20.5 Å². The highest BCUT2D eigenvalue weighted by Gasteiger charge is 2.23. The SMILES string of the molecule is CCOC(=O)c1sc(N)c(C#N)c1COC(=O)CCc1ccc(C#N)cc1. The molecule has 2 aromatic rings. The van der Waals surface area contributed by atoms with Crippen molar-refractivity contribution in [2.24, 2.45) is 0 Å². The summed E-state index contributed by atoms with van der Waals surface area (Å²) in [6, 6.07) is 10.9. The van der Waals surface area contributed by atoms with Gasteiger partial charge in [0.2, 0.25) is 0 Å². The first-order valence-electron chi connectivity index (χ1n) is 8.13. The predicted molar refractivity (Wildman–Crippen MR) is 98.7 cm³/mol. The number of ether oxygens (including phenoxy) is 2. The van der Waals surface area contributed by atoms with Crippen LogP contribution >= 0.6 is 11.3 Å². The summed E-state index contributed by atoms with van der Waals surface area (Å²) in [5.74, 6) is -1.07. The molecule has 8 heteroatoms. The second kappa shape index (κ2) is 9.37. The molecule has 0 amide bonds. The van der Waals surface area contributed by atoms with Gasteiger partial charge in [0.1, 0.15) is 22.6 Å². The third-order valence-corrected chi connectivity index (χ3v) is 4.73. The number of carbonyl (C=O) groups is 2. The lowest BCUT2D eigenvalue weighted by molar-refractivity contribution is -0.144.